The number of likely N-dealkylation sites (N-methyl/N-ethyl adjacent to an activating group) is 1. The first-order chi connectivity index (χ1) is 20.7. The highest BCUT2D eigenvalue weighted by Crippen LogP contribution is 2.37. The second-order valence-corrected chi connectivity index (χ2v) is 10.9. The Morgan fingerprint density at radius 2 is 1.09 bits per heavy atom. The van der Waals surface area contributed by atoms with Gasteiger partial charge in [0, 0.05) is 20.1 Å². The molecule has 3 unspecified atom stereocenters. The van der Waals surface area contributed by atoms with Crippen molar-refractivity contribution in [2.24, 2.45) is 0 Å². The van der Waals surface area contributed by atoms with E-state index in [0.29, 0.717) is 11.1 Å². The number of benzene rings is 4. The molecule has 2 N–H and O–H groups in total. The van der Waals surface area contributed by atoms with Crippen molar-refractivity contribution in [2.45, 2.75) is 43.7 Å². The van der Waals surface area contributed by atoms with E-state index in [9.17, 15) is 24.6 Å². The van der Waals surface area contributed by atoms with Crippen LogP contribution < -0.4 is 0 Å². The number of carbonyl (C=O) groups is 3. The van der Waals surface area contributed by atoms with Gasteiger partial charge in [-0.05, 0) is 29.2 Å². The van der Waals surface area contributed by atoms with Crippen molar-refractivity contribution in [1.29, 1.82) is 0 Å². The van der Waals surface area contributed by atoms with Gasteiger partial charge in [-0.2, -0.15) is 0 Å². The maximum absolute atomic E-state index is 14.5. The number of urea groups is 1. The zero-order valence-electron chi connectivity index (χ0n) is 24.2. The SMILES string of the molecule is CC(N(C)C(=O)C1C(C(=O)O)N(Cc2ccccc2)C(=O)N1Cc1ccccc1)C(O)(c1ccccc1)c1ccccc1. The predicted molar refractivity (Wildman–Crippen MR) is 163 cm³/mol. The predicted octanol–water partition coefficient (Wildman–Crippen LogP) is 4.73. The van der Waals surface area contributed by atoms with Crippen molar-refractivity contribution in [2.75, 3.05) is 7.05 Å². The average molecular weight is 578 g/mol. The van der Waals surface area contributed by atoms with Gasteiger partial charge >= 0.3 is 12.0 Å². The number of aliphatic carboxylic acids is 1. The summed E-state index contributed by atoms with van der Waals surface area (Å²) in [6.45, 7) is 1.81. The van der Waals surface area contributed by atoms with Gasteiger partial charge in [0.2, 0.25) is 5.91 Å². The van der Waals surface area contributed by atoms with Crippen LogP contribution in [-0.2, 0) is 28.3 Å². The maximum atomic E-state index is 14.5. The summed E-state index contributed by atoms with van der Waals surface area (Å²) in [5.74, 6) is -1.86. The monoisotopic (exact) mass is 577 g/mol. The first kappa shape index (κ1) is 29.5. The Labute approximate surface area is 251 Å². The molecule has 3 amide bonds. The zero-order valence-corrected chi connectivity index (χ0v) is 24.2. The highest BCUT2D eigenvalue weighted by molar-refractivity contribution is 5.98. The van der Waals surface area contributed by atoms with E-state index in [0.717, 1.165) is 11.1 Å². The van der Waals surface area contributed by atoms with Crippen molar-refractivity contribution < 1.29 is 24.6 Å². The van der Waals surface area contributed by atoms with Crippen LogP contribution in [0.5, 0.6) is 0 Å². The van der Waals surface area contributed by atoms with Crippen LogP contribution in [-0.4, -0.2) is 68.0 Å². The zero-order chi connectivity index (χ0) is 30.6. The summed E-state index contributed by atoms with van der Waals surface area (Å²) in [7, 11) is 1.55. The fourth-order valence-electron chi connectivity index (χ4n) is 5.89. The molecule has 0 saturated carbocycles. The number of carbonyl (C=O) groups excluding carboxylic acids is 2. The van der Waals surface area contributed by atoms with E-state index in [-0.39, 0.29) is 13.1 Å². The number of hydrogen-bond acceptors (Lipinski definition) is 4. The van der Waals surface area contributed by atoms with Gasteiger partial charge in [-0.25, -0.2) is 9.59 Å². The van der Waals surface area contributed by atoms with Crippen molar-refractivity contribution in [3.63, 3.8) is 0 Å². The summed E-state index contributed by atoms with van der Waals surface area (Å²) in [5, 5.41) is 22.8. The van der Waals surface area contributed by atoms with Crippen LogP contribution in [0.4, 0.5) is 4.79 Å². The molecule has 1 saturated heterocycles. The van der Waals surface area contributed by atoms with Gasteiger partial charge < -0.3 is 24.9 Å². The van der Waals surface area contributed by atoms with Crippen LogP contribution >= 0.6 is 0 Å². The molecule has 0 aromatic heterocycles. The third-order valence-electron chi connectivity index (χ3n) is 8.32. The Morgan fingerprint density at radius 1 is 0.721 bits per heavy atom. The third kappa shape index (κ3) is 5.74. The lowest BCUT2D eigenvalue weighted by Crippen LogP contribution is -2.58. The minimum atomic E-state index is -1.62. The molecule has 8 heteroatoms. The molecule has 1 aliphatic rings. The van der Waals surface area contributed by atoms with Gasteiger partial charge in [0.05, 0.1) is 6.04 Å². The lowest BCUT2D eigenvalue weighted by atomic mass is 9.80. The molecule has 4 aromatic carbocycles. The Balaban J connectivity index is 1.55. The number of aliphatic hydroxyl groups is 1. The van der Waals surface area contributed by atoms with E-state index in [1.54, 1.807) is 38.2 Å². The lowest BCUT2D eigenvalue weighted by Gasteiger charge is -2.42. The molecule has 8 nitrogen and oxygen atoms in total. The molecule has 1 fully saturated rings. The molecule has 1 aliphatic heterocycles. The fourth-order valence-corrected chi connectivity index (χ4v) is 5.89. The summed E-state index contributed by atoms with van der Waals surface area (Å²) in [5.41, 5.74) is 1.05. The van der Waals surface area contributed by atoms with E-state index < -0.39 is 41.6 Å². The summed E-state index contributed by atoms with van der Waals surface area (Å²) in [6.07, 6.45) is 0. The van der Waals surface area contributed by atoms with Crippen molar-refractivity contribution in [3.8, 4) is 0 Å². The van der Waals surface area contributed by atoms with Crippen LogP contribution in [0.3, 0.4) is 0 Å². The summed E-state index contributed by atoms with van der Waals surface area (Å²) in [4.78, 5) is 45.2. The molecule has 5 rings (SSSR count). The quantitative estimate of drug-likeness (QED) is 0.284. The Morgan fingerprint density at radius 3 is 1.49 bits per heavy atom. The van der Waals surface area contributed by atoms with Gasteiger partial charge in [0.25, 0.3) is 0 Å². The molecule has 43 heavy (non-hydrogen) atoms. The molecule has 0 radical (unpaired) electrons. The summed E-state index contributed by atoms with van der Waals surface area (Å²) >= 11 is 0. The Hall–Kier alpha value is -4.95. The molecular formula is C35H35N3O5. The van der Waals surface area contributed by atoms with Crippen LogP contribution in [0.1, 0.15) is 29.2 Å². The third-order valence-corrected chi connectivity index (χ3v) is 8.32. The molecule has 220 valence electrons. The van der Waals surface area contributed by atoms with Crippen molar-refractivity contribution in [3.05, 3.63) is 144 Å². The summed E-state index contributed by atoms with van der Waals surface area (Å²) < 4.78 is 0. The van der Waals surface area contributed by atoms with Gasteiger partial charge in [-0.15, -0.1) is 0 Å². The van der Waals surface area contributed by atoms with E-state index in [1.165, 1.54) is 14.7 Å². The fraction of sp³-hybridized carbons (Fsp3) is 0.229. The molecular weight excluding hydrogens is 542 g/mol. The number of hydrogen-bond donors (Lipinski definition) is 2. The van der Waals surface area contributed by atoms with E-state index >= 15 is 0 Å². The Bertz CT molecular complexity index is 1510. The van der Waals surface area contributed by atoms with Crippen LogP contribution in [0, 0.1) is 0 Å². The molecule has 3 atom stereocenters. The molecule has 0 bridgehead atoms. The highest BCUT2D eigenvalue weighted by Gasteiger charge is 2.55. The standard InChI is InChI=1S/C35H35N3O5/c1-25(35(43,28-19-11-5-12-20-28)29-21-13-6-14-22-29)36(2)32(39)30-31(33(40)41)38(24-27-17-9-4-10-18-27)34(42)37(30)23-26-15-7-3-8-16-26/h3-22,25,30-31,43H,23-24H2,1-2H3,(H,40,41). The van der Waals surface area contributed by atoms with Crippen LogP contribution in [0.15, 0.2) is 121 Å². The van der Waals surface area contributed by atoms with E-state index in [2.05, 4.69) is 0 Å². The van der Waals surface area contributed by atoms with Crippen LogP contribution in [0.2, 0.25) is 0 Å². The maximum Gasteiger partial charge on any atom is 0.329 e. The minimum absolute atomic E-state index is 0.0307. The Kier molecular flexibility index (Phi) is 8.59. The minimum Gasteiger partial charge on any atom is -0.480 e. The van der Waals surface area contributed by atoms with Crippen LogP contribution in [0.25, 0.3) is 0 Å². The first-order valence-corrected chi connectivity index (χ1v) is 14.2. The normalized spacial score (nSPS) is 17.5. The second kappa shape index (κ2) is 12.5. The summed E-state index contributed by atoms with van der Waals surface area (Å²) in [6, 6.07) is 32.3. The molecule has 1 heterocycles. The second-order valence-electron chi connectivity index (χ2n) is 10.9. The van der Waals surface area contributed by atoms with Gasteiger partial charge in [0.1, 0.15) is 11.6 Å². The first-order valence-electron chi connectivity index (χ1n) is 14.2. The number of carboxylic acids is 1. The molecule has 0 spiro atoms. The largest absolute Gasteiger partial charge is 0.480 e. The van der Waals surface area contributed by atoms with Crippen molar-refractivity contribution in [1.82, 2.24) is 14.7 Å². The van der Waals surface area contributed by atoms with Gasteiger partial charge in [-0.1, -0.05) is 121 Å². The number of amides is 3. The smallest absolute Gasteiger partial charge is 0.329 e. The van der Waals surface area contributed by atoms with E-state index in [1.807, 2.05) is 97.1 Å². The number of rotatable bonds is 10. The van der Waals surface area contributed by atoms with E-state index in [4.69, 9.17) is 0 Å². The number of carboxylic acid groups (broad SMARTS) is 1. The molecule has 0 aliphatic carbocycles. The van der Waals surface area contributed by atoms with Crippen molar-refractivity contribution >= 4 is 17.9 Å². The highest BCUT2D eigenvalue weighted by atomic mass is 16.4. The van der Waals surface area contributed by atoms with Gasteiger partial charge in [0.15, 0.2) is 6.04 Å². The topological polar surface area (TPSA) is 101 Å². The molecule has 4 aromatic rings. The lowest BCUT2D eigenvalue weighted by molar-refractivity contribution is -0.150. The average Bonchev–Trinajstić information content (AvgIpc) is 3.31. The number of nitrogens with zero attached hydrogens (tertiary/aromatic N) is 3. The van der Waals surface area contributed by atoms with Gasteiger partial charge in [-0.3, -0.25) is 4.79 Å².